The van der Waals surface area contributed by atoms with Crippen molar-refractivity contribution in [2.75, 3.05) is 6.54 Å². The lowest BCUT2D eigenvalue weighted by Gasteiger charge is -2.14. The van der Waals surface area contributed by atoms with Crippen LogP contribution in [-0.4, -0.2) is 57.6 Å². The van der Waals surface area contributed by atoms with Gasteiger partial charge in [-0.15, -0.1) is 0 Å². The third kappa shape index (κ3) is 21.2. The number of carbonyl (C=O) groups is 5. The second-order valence-electron chi connectivity index (χ2n) is 8.66. The molecule has 196 valence electrons. The second-order valence-corrected chi connectivity index (χ2v) is 8.66. The van der Waals surface area contributed by atoms with E-state index in [1.807, 2.05) is 0 Å². The molecule has 0 bridgehead atoms. The monoisotopic (exact) mass is 486 g/mol. The van der Waals surface area contributed by atoms with Gasteiger partial charge in [0.1, 0.15) is 12.6 Å². The van der Waals surface area contributed by atoms with Crippen LogP contribution < -0.4 is 10.6 Å². The molecule has 0 aliphatic heterocycles. The maximum absolute atomic E-state index is 12.0. The van der Waals surface area contributed by atoms with Gasteiger partial charge in [0, 0.05) is 19.3 Å². The summed E-state index contributed by atoms with van der Waals surface area (Å²) >= 11 is 0. The highest BCUT2D eigenvalue weighted by Crippen LogP contribution is 2.13. The molecular weight excluding hydrogens is 444 g/mol. The molecule has 1 atom stereocenters. The Morgan fingerprint density at radius 3 is 1.38 bits per heavy atom. The van der Waals surface area contributed by atoms with Crippen molar-refractivity contribution in [1.29, 1.82) is 0 Å². The van der Waals surface area contributed by atoms with E-state index in [0.717, 1.165) is 44.9 Å². The number of hydrogen-bond acceptors (Lipinski definition) is 5. The molecule has 10 nitrogen and oxygen atoms in total. The van der Waals surface area contributed by atoms with Crippen LogP contribution in [0, 0.1) is 0 Å². The summed E-state index contributed by atoms with van der Waals surface area (Å²) in [6.45, 7) is -0.527. The fourth-order valence-electron chi connectivity index (χ4n) is 3.57. The maximum Gasteiger partial charge on any atom is 0.326 e. The predicted octanol–water partition coefficient (Wildman–Crippen LogP) is 3.47. The van der Waals surface area contributed by atoms with E-state index >= 15 is 0 Å². The minimum absolute atomic E-state index is 0.1000. The van der Waals surface area contributed by atoms with E-state index in [2.05, 4.69) is 10.6 Å². The van der Waals surface area contributed by atoms with Gasteiger partial charge in [0.2, 0.25) is 11.8 Å². The largest absolute Gasteiger partial charge is 0.481 e. The minimum atomic E-state index is -1.22. The average molecular weight is 487 g/mol. The van der Waals surface area contributed by atoms with Crippen molar-refractivity contribution < 1.29 is 39.3 Å². The van der Waals surface area contributed by atoms with Gasteiger partial charge in [0.25, 0.3) is 0 Å². The Kier molecular flexibility index (Phi) is 19.3. The van der Waals surface area contributed by atoms with Crippen LogP contribution in [0.5, 0.6) is 0 Å². The van der Waals surface area contributed by atoms with Crippen molar-refractivity contribution in [3.05, 3.63) is 0 Å². The molecule has 10 heteroatoms. The van der Waals surface area contributed by atoms with E-state index in [9.17, 15) is 29.1 Å². The van der Waals surface area contributed by atoms with Crippen LogP contribution in [0.15, 0.2) is 0 Å². The molecule has 0 spiro atoms. The summed E-state index contributed by atoms with van der Waals surface area (Å²) in [5, 5.41) is 30.9. The van der Waals surface area contributed by atoms with Gasteiger partial charge in [-0.05, 0) is 19.3 Å². The maximum atomic E-state index is 12.0. The zero-order valence-electron chi connectivity index (χ0n) is 20.2. The van der Waals surface area contributed by atoms with Crippen LogP contribution in [0.1, 0.15) is 109 Å². The molecule has 0 aromatic carbocycles. The molecule has 2 amide bonds. The Balaban J connectivity index is 3.63. The molecule has 0 aromatic heterocycles. The molecule has 0 heterocycles. The second kappa shape index (κ2) is 20.9. The van der Waals surface area contributed by atoms with Crippen LogP contribution in [0.4, 0.5) is 0 Å². The highest BCUT2D eigenvalue weighted by Gasteiger charge is 2.20. The molecule has 0 saturated carbocycles. The number of aliphatic carboxylic acids is 3. The molecule has 0 aromatic rings. The van der Waals surface area contributed by atoms with Crippen molar-refractivity contribution in [2.45, 2.75) is 115 Å². The zero-order valence-corrected chi connectivity index (χ0v) is 20.2. The van der Waals surface area contributed by atoms with Crippen LogP contribution >= 0.6 is 0 Å². The van der Waals surface area contributed by atoms with Gasteiger partial charge in [0.15, 0.2) is 0 Å². The lowest BCUT2D eigenvalue weighted by Crippen LogP contribution is -2.41. The summed E-state index contributed by atoms with van der Waals surface area (Å²) in [4.78, 5) is 55.6. The fraction of sp³-hybridized carbons (Fsp3) is 0.792. The zero-order chi connectivity index (χ0) is 25.6. The molecule has 0 rings (SSSR count). The molecule has 0 radical (unpaired) electrons. The molecule has 0 saturated heterocycles. The number of rotatable bonds is 23. The smallest absolute Gasteiger partial charge is 0.326 e. The van der Waals surface area contributed by atoms with Crippen molar-refractivity contribution in [2.24, 2.45) is 0 Å². The number of carboxylic acids is 3. The molecule has 0 aliphatic rings. The van der Waals surface area contributed by atoms with Crippen molar-refractivity contribution in [3.8, 4) is 0 Å². The SMILES string of the molecule is O=C(O)CCCCCCCCCCCCCCCC(=O)N[C@@H](CCC(=O)NCC(=O)O)C(=O)O. The van der Waals surface area contributed by atoms with Gasteiger partial charge in [-0.1, -0.05) is 70.6 Å². The van der Waals surface area contributed by atoms with Gasteiger partial charge in [-0.3, -0.25) is 19.2 Å². The summed E-state index contributed by atoms with van der Waals surface area (Å²) in [7, 11) is 0. The quantitative estimate of drug-likeness (QED) is 0.137. The van der Waals surface area contributed by atoms with Crippen molar-refractivity contribution in [1.82, 2.24) is 10.6 Å². The molecule has 5 N–H and O–H groups in total. The van der Waals surface area contributed by atoms with Crippen LogP contribution in [-0.2, 0) is 24.0 Å². The summed E-state index contributed by atoms with van der Waals surface area (Å²) < 4.78 is 0. The Morgan fingerprint density at radius 1 is 0.529 bits per heavy atom. The van der Waals surface area contributed by atoms with Gasteiger partial charge in [0.05, 0.1) is 0 Å². The van der Waals surface area contributed by atoms with Crippen LogP contribution in [0.2, 0.25) is 0 Å². The van der Waals surface area contributed by atoms with Crippen LogP contribution in [0.25, 0.3) is 0 Å². The Bertz CT molecular complexity index is 624. The number of carbonyl (C=O) groups excluding carboxylic acids is 2. The summed E-state index contributed by atoms with van der Waals surface area (Å²) in [5.74, 6) is -4.06. The fourth-order valence-corrected chi connectivity index (χ4v) is 3.57. The van der Waals surface area contributed by atoms with Gasteiger partial charge >= 0.3 is 17.9 Å². The van der Waals surface area contributed by atoms with Crippen molar-refractivity contribution in [3.63, 3.8) is 0 Å². The third-order valence-electron chi connectivity index (χ3n) is 5.52. The molecular formula is C24H42N2O8. The Morgan fingerprint density at radius 2 is 0.971 bits per heavy atom. The Hall–Kier alpha value is -2.65. The predicted molar refractivity (Wildman–Crippen MR) is 126 cm³/mol. The normalized spacial score (nSPS) is 11.5. The highest BCUT2D eigenvalue weighted by atomic mass is 16.4. The van der Waals surface area contributed by atoms with E-state index in [1.54, 1.807) is 0 Å². The first-order valence-corrected chi connectivity index (χ1v) is 12.4. The number of carboxylic acid groups (broad SMARTS) is 3. The van der Waals surface area contributed by atoms with Crippen LogP contribution in [0.3, 0.4) is 0 Å². The van der Waals surface area contributed by atoms with Gasteiger partial charge < -0.3 is 26.0 Å². The molecule has 0 fully saturated rings. The minimum Gasteiger partial charge on any atom is -0.481 e. The lowest BCUT2D eigenvalue weighted by molar-refractivity contribution is -0.142. The summed E-state index contributed by atoms with van der Waals surface area (Å²) in [6, 6.07) is -1.17. The first-order valence-electron chi connectivity index (χ1n) is 12.4. The number of nitrogens with one attached hydrogen (secondary N) is 2. The van der Waals surface area contributed by atoms with E-state index in [1.165, 1.54) is 32.1 Å². The lowest BCUT2D eigenvalue weighted by atomic mass is 10.0. The Labute approximate surface area is 201 Å². The number of hydrogen-bond donors (Lipinski definition) is 5. The van der Waals surface area contributed by atoms with E-state index < -0.39 is 36.4 Å². The van der Waals surface area contributed by atoms with Crippen molar-refractivity contribution >= 4 is 29.7 Å². The average Bonchev–Trinajstić information content (AvgIpc) is 2.77. The molecule has 0 aliphatic carbocycles. The first-order chi connectivity index (χ1) is 16.2. The molecule has 0 unspecified atom stereocenters. The van der Waals surface area contributed by atoms with E-state index in [0.29, 0.717) is 6.42 Å². The third-order valence-corrected chi connectivity index (χ3v) is 5.52. The van der Waals surface area contributed by atoms with E-state index in [4.69, 9.17) is 10.2 Å². The molecule has 34 heavy (non-hydrogen) atoms. The number of unbranched alkanes of at least 4 members (excludes halogenated alkanes) is 12. The van der Waals surface area contributed by atoms with Gasteiger partial charge in [-0.25, -0.2) is 4.79 Å². The van der Waals surface area contributed by atoms with Gasteiger partial charge in [-0.2, -0.15) is 0 Å². The number of amides is 2. The van der Waals surface area contributed by atoms with E-state index in [-0.39, 0.29) is 31.6 Å². The topological polar surface area (TPSA) is 170 Å². The highest BCUT2D eigenvalue weighted by molar-refractivity contribution is 5.85. The standard InChI is InChI=1S/C24H42N2O8/c27-20(25-18-23(31)32)17-16-19(24(33)34)26-21(28)14-12-10-8-6-4-2-1-3-5-7-9-11-13-15-22(29)30/h19H,1-18H2,(H,25,27)(H,26,28)(H,29,30)(H,31,32)(H,33,34)/t19-/m0/s1. The summed E-state index contributed by atoms with van der Waals surface area (Å²) in [6.07, 6.45) is 14.0. The summed E-state index contributed by atoms with van der Waals surface area (Å²) in [5.41, 5.74) is 0. The first kappa shape index (κ1) is 31.4.